The summed E-state index contributed by atoms with van der Waals surface area (Å²) in [5.74, 6) is 0.133. The molecule has 0 spiro atoms. The zero-order valence-corrected chi connectivity index (χ0v) is 14.5. The topological polar surface area (TPSA) is 62.3 Å². The average Bonchev–Trinajstić information content (AvgIpc) is 2.54. The molecule has 3 rings (SSSR count). The monoisotopic (exact) mass is 349 g/mol. The van der Waals surface area contributed by atoms with Crippen molar-refractivity contribution in [3.05, 3.63) is 53.5 Å². The molecule has 1 aliphatic heterocycles. The molecule has 0 fully saturated rings. The fourth-order valence-corrected chi connectivity index (χ4v) is 4.76. The van der Waals surface area contributed by atoms with Crippen molar-refractivity contribution in [1.82, 2.24) is 10.3 Å². The number of fused-ring (bicyclic) bond motifs is 1. The molecule has 0 saturated heterocycles. The number of benzene rings is 1. The van der Waals surface area contributed by atoms with E-state index in [0.717, 1.165) is 11.4 Å². The predicted molar refractivity (Wildman–Crippen MR) is 91.2 cm³/mol. The van der Waals surface area contributed by atoms with Crippen LogP contribution in [0.4, 0.5) is 10.2 Å². The van der Waals surface area contributed by atoms with Gasteiger partial charge in [0.1, 0.15) is 16.5 Å². The number of nitrogens with zero attached hydrogens (tertiary/aromatic N) is 2. The number of anilines is 1. The first kappa shape index (κ1) is 16.9. The highest BCUT2D eigenvalue weighted by molar-refractivity contribution is 7.91. The highest BCUT2D eigenvalue weighted by atomic mass is 32.2. The summed E-state index contributed by atoms with van der Waals surface area (Å²) in [5, 5.41) is 3.36. The molecular formula is C17H20FN3O2S. The van der Waals surface area contributed by atoms with E-state index in [1.807, 2.05) is 31.1 Å². The molecule has 24 heavy (non-hydrogen) atoms. The van der Waals surface area contributed by atoms with Crippen LogP contribution in [0.3, 0.4) is 0 Å². The number of hydrogen-bond acceptors (Lipinski definition) is 5. The second kappa shape index (κ2) is 6.49. The number of halogens is 1. The van der Waals surface area contributed by atoms with Crippen molar-refractivity contribution < 1.29 is 12.8 Å². The Balaban J connectivity index is 1.87. The molecule has 5 nitrogen and oxygen atoms in total. The van der Waals surface area contributed by atoms with Gasteiger partial charge >= 0.3 is 0 Å². The maximum atomic E-state index is 14.0. The van der Waals surface area contributed by atoms with E-state index in [-0.39, 0.29) is 16.7 Å². The van der Waals surface area contributed by atoms with Gasteiger partial charge in [-0.25, -0.2) is 17.8 Å². The molecule has 2 heterocycles. The Kier molecular flexibility index (Phi) is 4.56. The van der Waals surface area contributed by atoms with Gasteiger partial charge in [-0.15, -0.1) is 0 Å². The van der Waals surface area contributed by atoms with Crippen LogP contribution in [0.5, 0.6) is 0 Å². The Labute approximate surface area is 141 Å². The number of pyridine rings is 1. The number of rotatable bonds is 4. The van der Waals surface area contributed by atoms with Crippen LogP contribution in [0.15, 0.2) is 41.4 Å². The number of hydrogen-bond donors (Lipinski definition) is 1. The average molecular weight is 349 g/mol. The summed E-state index contributed by atoms with van der Waals surface area (Å²) in [6, 6.07) is 8.07. The molecule has 0 amide bonds. The van der Waals surface area contributed by atoms with Crippen molar-refractivity contribution in [2.45, 2.75) is 23.9 Å². The van der Waals surface area contributed by atoms with Crippen LogP contribution in [0.25, 0.3) is 0 Å². The van der Waals surface area contributed by atoms with Crippen LogP contribution >= 0.6 is 0 Å². The van der Waals surface area contributed by atoms with Crippen molar-refractivity contribution in [3.63, 3.8) is 0 Å². The van der Waals surface area contributed by atoms with Gasteiger partial charge in [-0.2, -0.15) is 0 Å². The van der Waals surface area contributed by atoms with Gasteiger partial charge in [0.25, 0.3) is 0 Å². The van der Waals surface area contributed by atoms with Crippen molar-refractivity contribution >= 4 is 15.7 Å². The lowest BCUT2D eigenvalue weighted by Gasteiger charge is -2.27. The van der Waals surface area contributed by atoms with E-state index in [1.165, 1.54) is 6.07 Å². The summed E-state index contributed by atoms with van der Waals surface area (Å²) < 4.78 is 38.4. The van der Waals surface area contributed by atoms with Gasteiger partial charge in [-0.05, 0) is 24.1 Å². The van der Waals surface area contributed by atoms with Gasteiger partial charge in [0.2, 0.25) is 0 Å². The SMILES string of the molecule is CN(C)c1ncccc1CNC1CCS(=O)(=O)c2c(F)cccc21. The first-order valence-corrected chi connectivity index (χ1v) is 9.41. The summed E-state index contributed by atoms with van der Waals surface area (Å²) in [6.45, 7) is 0.530. The van der Waals surface area contributed by atoms with Gasteiger partial charge in [0.15, 0.2) is 9.84 Å². The lowest BCUT2D eigenvalue weighted by atomic mass is 10.0. The third-order valence-electron chi connectivity index (χ3n) is 4.19. The molecule has 1 aliphatic rings. The minimum Gasteiger partial charge on any atom is -0.362 e. The number of sulfone groups is 1. The van der Waals surface area contributed by atoms with E-state index in [1.54, 1.807) is 18.3 Å². The second-order valence-corrected chi connectivity index (χ2v) is 8.13. The van der Waals surface area contributed by atoms with Crippen LogP contribution < -0.4 is 10.2 Å². The predicted octanol–water partition coefficient (Wildman–Crippen LogP) is 2.29. The summed E-state index contributed by atoms with van der Waals surface area (Å²) in [4.78, 5) is 6.12. The molecule has 1 aromatic carbocycles. The van der Waals surface area contributed by atoms with Gasteiger partial charge in [-0.1, -0.05) is 18.2 Å². The normalized spacial score (nSPS) is 18.9. The Morgan fingerprint density at radius 1 is 1.29 bits per heavy atom. The molecule has 128 valence electrons. The molecule has 0 radical (unpaired) electrons. The quantitative estimate of drug-likeness (QED) is 0.918. The van der Waals surface area contributed by atoms with E-state index in [4.69, 9.17) is 0 Å². The molecule has 2 aromatic rings. The van der Waals surface area contributed by atoms with Gasteiger partial charge in [0, 0.05) is 38.4 Å². The largest absolute Gasteiger partial charge is 0.362 e. The summed E-state index contributed by atoms with van der Waals surface area (Å²) >= 11 is 0. The highest BCUT2D eigenvalue weighted by Gasteiger charge is 2.32. The molecule has 1 N–H and O–H groups in total. The van der Waals surface area contributed by atoms with Gasteiger partial charge in [0.05, 0.1) is 5.75 Å². The van der Waals surface area contributed by atoms with Crippen LogP contribution in [0, 0.1) is 5.82 Å². The molecule has 0 aliphatic carbocycles. The number of nitrogens with one attached hydrogen (secondary N) is 1. The van der Waals surface area contributed by atoms with Crippen LogP contribution in [-0.2, 0) is 16.4 Å². The smallest absolute Gasteiger partial charge is 0.181 e. The van der Waals surface area contributed by atoms with Crippen molar-refractivity contribution in [1.29, 1.82) is 0 Å². The third kappa shape index (κ3) is 3.14. The lowest BCUT2D eigenvalue weighted by molar-refractivity contribution is 0.476. The lowest BCUT2D eigenvalue weighted by Crippen LogP contribution is -2.30. The van der Waals surface area contributed by atoms with Gasteiger partial charge < -0.3 is 10.2 Å². The molecule has 7 heteroatoms. The second-order valence-electron chi connectivity index (χ2n) is 6.08. The van der Waals surface area contributed by atoms with Crippen molar-refractivity contribution in [2.75, 3.05) is 24.7 Å². The van der Waals surface area contributed by atoms with Crippen LogP contribution in [0.1, 0.15) is 23.6 Å². The zero-order chi connectivity index (χ0) is 17.3. The van der Waals surface area contributed by atoms with E-state index < -0.39 is 15.7 Å². The standard InChI is InChI=1S/C17H20FN3O2S/c1-21(2)17-12(5-4-9-19-17)11-20-15-8-10-24(22,23)16-13(15)6-3-7-14(16)18/h3-7,9,15,20H,8,10-11H2,1-2H3. The maximum Gasteiger partial charge on any atom is 0.181 e. The third-order valence-corrected chi connectivity index (χ3v) is 6.02. The molecule has 1 aromatic heterocycles. The van der Waals surface area contributed by atoms with Crippen molar-refractivity contribution in [3.8, 4) is 0 Å². The Bertz CT molecular complexity index is 853. The fraction of sp³-hybridized carbons (Fsp3) is 0.353. The van der Waals surface area contributed by atoms with Crippen LogP contribution in [-0.4, -0.2) is 33.2 Å². The minimum atomic E-state index is -3.55. The molecule has 0 bridgehead atoms. The van der Waals surface area contributed by atoms with Crippen molar-refractivity contribution in [2.24, 2.45) is 0 Å². The molecule has 1 atom stereocenters. The van der Waals surface area contributed by atoms with E-state index in [9.17, 15) is 12.8 Å². The molecular weight excluding hydrogens is 329 g/mol. The zero-order valence-electron chi connectivity index (χ0n) is 13.7. The van der Waals surface area contributed by atoms with E-state index in [2.05, 4.69) is 10.3 Å². The summed E-state index contributed by atoms with van der Waals surface area (Å²) in [6.07, 6.45) is 2.16. The maximum absolute atomic E-state index is 14.0. The van der Waals surface area contributed by atoms with Gasteiger partial charge in [-0.3, -0.25) is 0 Å². The summed E-state index contributed by atoms with van der Waals surface area (Å²) in [7, 11) is 0.295. The number of aromatic nitrogens is 1. The van der Waals surface area contributed by atoms with E-state index in [0.29, 0.717) is 18.5 Å². The first-order chi connectivity index (χ1) is 11.4. The summed E-state index contributed by atoms with van der Waals surface area (Å²) in [5.41, 5.74) is 1.52. The molecule has 1 unspecified atom stereocenters. The first-order valence-electron chi connectivity index (χ1n) is 7.76. The minimum absolute atomic E-state index is 0.0494. The Morgan fingerprint density at radius 3 is 2.83 bits per heavy atom. The highest BCUT2D eigenvalue weighted by Crippen LogP contribution is 2.34. The van der Waals surface area contributed by atoms with E-state index >= 15 is 0 Å². The fourth-order valence-electron chi connectivity index (χ4n) is 3.07. The van der Waals surface area contributed by atoms with Crippen LogP contribution in [0.2, 0.25) is 0 Å². The Hall–Kier alpha value is -1.99. The Morgan fingerprint density at radius 2 is 2.08 bits per heavy atom. The molecule has 0 saturated carbocycles.